The Kier molecular flexibility index (Phi) is 11.7. The van der Waals surface area contributed by atoms with Crippen molar-refractivity contribution in [3.8, 4) is 11.5 Å². The van der Waals surface area contributed by atoms with Gasteiger partial charge < -0.3 is 19.7 Å². The molecular weight excluding hydrogens is 368 g/mol. The summed E-state index contributed by atoms with van der Waals surface area (Å²) in [5.74, 6) is 1.63. The molecule has 0 bridgehead atoms. The molecular formula is C16H28BrClN2O2. The van der Waals surface area contributed by atoms with Gasteiger partial charge in [-0.2, -0.15) is 0 Å². The fourth-order valence-electron chi connectivity index (χ4n) is 1.83. The summed E-state index contributed by atoms with van der Waals surface area (Å²) in [6, 6.07) is 4.06. The minimum absolute atomic E-state index is 0. The number of nitrogens with one attached hydrogen (secondary N) is 1. The highest BCUT2D eigenvalue weighted by Gasteiger charge is 2.10. The minimum Gasteiger partial charge on any atom is -0.490 e. The Morgan fingerprint density at radius 2 is 1.82 bits per heavy atom. The number of hydrogen-bond donors (Lipinski definition) is 1. The first-order chi connectivity index (χ1) is 10.1. The van der Waals surface area contributed by atoms with Crippen molar-refractivity contribution in [2.75, 3.05) is 40.4 Å². The predicted molar refractivity (Wildman–Crippen MR) is 98.6 cm³/mol. The van der Waals surface area contributed by atoms with Crippen LogP contribution in [0.3, 0.4) is 0 Å². The smallest absolute Gasteiger partial charge is 0.162 e. The van der Waals surface area contributed by atoms with Crippen LogP contribution in [0.25, 0.3) is 0 Å². The molecule has 6 heteroatoms. The van der Waals surface area contributed by atoms with Gasteiger partial charge in [0, 0.05) is 24.1 Å². The lowest BCUT2D eigenvalue weighted by Crippen LogP contribution is -2.26. The second-order valence-corrected chi connectivity index (χ2v) is 6.01. The molecule has 22 heavy (non-hydrogen) atoms. The monoisotopic (exact) mass is 394 g/mol. The van der Waals surface area contributed by atoms with Crippen LogP contribution in [-0.2, 0) is 6.54 Å². The maximum absolute atomic E-state index is 5.75. The van der Waals surface area contributed by atoms with Gasteiger partial charge in [0.1, 0.15) is 0 Å². The van der Waals surface area contributed by atoms with Gasteiger partial charge in [0.2, 0.25) is 0 Å². The number of hydrogen-bond acceptors (Lipinski definition) is 4. The molecule has 1 rings (SSSR count). The molecule has 0 atom stereocenters. The van der Waals surface area contributed by atoms with Gasteiger partial charge in [-0.3, -0.25) is 0 Å². The quantitative estimate of drug-likeness (QED) is 0.612. The normalized spacial score (nSPS) is 10.5. The van der Waals surface area contributed by atoms with Crippen LogP contribution < -0.4 is 14.8 Å². The summed E-state index contributed by atoms with van der Waals surface area (Å²) in [6.07, 6.45) is 0.983. The van der Waals surface area contributed by atoms with Gasteiger partial charge in [0.05, 0.1) is 13.2 Å². The highest BCUT2D eigenvalue weighted by atomic mass is 79.9. The van der Waals surface area contributed by atoms with Crippen LogP contribution in [0.1, 0.15) is 25.8 Å². The summed E-state index contributed by atoms with van der Waals surface area (Å²) in [6.45, 7) is 8.21. The molecule has 0 amide bonds. The van der Waals surface area contributed by atoms with Gasteiger partial charge in [0.25, 0.3) is 0 Å². The van der Waals surface area contributed by atoms with E-state index in [1.165, 1.54) is 5.56 Å². The first kappa shape index (κ1) is 21.5. The topological polar surface area (TPSA) is 33.7 Å². The second kappa shape index (κ2) is 12.0. The standard InChI is InChI=1S/C16H27BrN2O2.ClH/c1-5-9-21-16-11-14(17)13(10-15(16)20-6-2)12-18-7-8-19(3)4;/h10-11,18H,5-9,12H2,1-4H3;1H. The van der Waals surface area contributed by atoms with Crippen molar-refractivity contribution in [1.29, 1.82) is 0 Å². The zero-order valence-electron chi connectivity index (χ0n) is 13.9. The molecule has 1 aromatic carbocycles. The van der Waals surface area contributed by atoms with Gasteiger partial charge in [-0.05, 0) is 45.1 Å². The van der Waals surface area contributed by atoms with Crippen LogP contribution in [-0.4, -0.2) is 45.3 Å². The summed E-state index contributed by atoms with van der Waals surface area (Å²) in [5, 5.41) is 3.44. The van der Waals surface area contributed by atoms with Gasteiger partial charge in [-0.1, -0.05) is 22.9 Å². The van der Waals surface area contributed by atoms with E-state index in [0.29, 0.717) is 13.2 Å². The number of ether oxygens (including phenoxy) is 2. The highest BCUT2D eigenvalue weighted by molar-refractivity contribution is 9.10. The molecule has 4 nitrogen and oxygen atoms in total. The Labute approximate surface area is 149 Å². The summed E-state index contributed by atoms with van der Waals surface area (Å²) in [5.41, 5.74) is 1.18. The Morgan fingerprint density at radius 1 is 1.14 bits per heavy atom. The molecule has 1 aromatic rings. The van der Waals surface area contributed by atoms with Crippen LogP contribution >= 0.6 is 28.3 Å². The largest absolute Gasteiger partial charge is 0.490 e. The zero-order valence-corrected chi connectivity index (χ0v) is 16.3. The molecule has 0 aliphatic rings. The Balaban J connectivity index is 0.00000441. The molecule has 0 saturated carbocycles. The van der Waals surface area contributed by atoms with E-state index >= 15 is 0 Å². The maximum atomic E-state index is 5.75. The number of rotatable bonds is 10. The van der Waals surface area contributed by atoms with E-state index in [0.717, 1.165) is 42.0 Å². The van der Waals surface area contributed by atoms with E-state index < -0.39 is 0 Å². The molecule has 0 aliphatic carbocycles. The van der Waals surface area contributed by atoms with Crippen molar-refractivity contribution in [2.45, 2.75) is 26.8 Å². The van der Waals surface area contributed by atoms with Crippen LogP contribution in [0.2, 0.25) is 0 Å². The first-order valence-electron chi connectivity index (χ1n) is 7.51. The molecule has 0 unspecified atom stereocenters. The Morgan fingerprint density at radius 3 is 2.41 bits per heavy atom. The molecule has 0 aromatic heterocycles. The van der Waals surface area contributed by atoms with Crippen LogP contribution in [0.15, 0.2) is 16.6 Å². The summed E-state index contributed by atoms with van der Waals surface area (Å²) >= 11 is 3.62. The molecule has 0 spiro atoms. The lowest BCUT2D eigenvalue weighted by atomic mass is 10.2. The van der Waals surface area contributed by atoms with Crippen molar-refractivity contribution < 1.29 is 9.47 Å². The van der Waals surface area contributed by atoms with Crippen molar-refractivity contribution >= 4 is 28.3 Å². The third-order valence-corrected chi connectivity index (χ3v) is 3.66. The number of likely N-dealkylation sites (N-methyl/N-ethyl adjacent to an activating group) is 1. The fraction of sp³-hybridized carbons (Fsp3) is 0.625. The third-order valence-electron chi connectivity index (χ3n) is 2.93. The van der Waals surface area contributed by atoms with Gasteiger partial charge in [-0.15, -0.1) is 12.4 Å². The van der Waals surface area contributed by atoms with Gasteiger partial charge in [-0.25, -0.2) is 0 Å². The van der Waals surface area contributed by atoms with Crippen LogP contribution in [0.5, 0.6) is 11.5 Å². The Bertz CT molecular complexity index is 431. The molecule has 1 N–H and O–H groups in total. The predicted octanol–water partition coefficient (Wildman–Crippen LogP) is 3.71. The third kappa shape index (κ3) is 7.68. The van der Waals surface area contributed by atoms with Gasteiger partial charge in [0.15, 0.2) is 11.5 Å². The molecule has 0 aliphatic heterocycles. The van der Waals surface area contributed by atoms with Gasteiger partial charge >= 0.3 is 0 Å². The molecule has 0 saturated heterocycles. The average molecular weight is 396 g/mol. The number of benzene rings is 1. The van der Waals surface area contributed by atoms with E-state index in [1.807, 2.05) is 13.0 Å². The molecule has 0 radical (unpaired) electrons. The van der Waals surface area contributed by atoms with E-state index in [2.05, 4.69) is 53.2 Å². The molecule has 128 valence electrons. The second-order valence-electron chi connectivity index (χ2n) is 5.15. The maximum Gasteiger partial charge on any atom is 0.162 e. The van der Waals surface area contributed by atoms with Crippen LogP contribution in [0.4, 0.5) is 0 Å². The van der Waals surface area contributed by atoms with E-state index in [1.54, 1.807) is 0 Å². The van der Waals surface area contributed by atoms with Crippen molar-refractivity contribution in [2.24, 2.45) is 0 Å². The number of nitrogens with zero attached hydrogens (tertiary/aromatic N) is 1. The van der Waals surface area contributed by atoms with Crippen LogP contribution in [0, 0.1) is 0 Å². The van der Waals surface area contributed by atoms with Crippen molar-refractivity contribution in [3.63, 3.8) is 0 Å². The summed E-state index contributed by atoms with van der Waals surface area (Å²) in [4.78, 5) is 2.16. The lowest BCUT2D eigenvalue weighted by Gasteiger charge is -2.15. The first-order valence-corrected chi connectivity index (χ1v) is 8.31. The fourth-order valence-corrected chi connectivity index (χ4v) is 2.29. The minimum atomic E-state index is 0. The number of halogens is 2. The highest BCUT2D eigenvalue weighted by Crippen LogP contribution is 2.34. The van der Waals surface area contributed by atoms with Crippen molar-refractivity contribution in [3.05, 3.63) is 22.2 Å². The molecule has 0 fully saturated rings. The van der Waals surface area contributed by atoms with E-state index in [4.69, 9.17) is 9.47 Å². The average Bonchev–Trinajstić information content (AvgIpc) is 2.44. The Hall–Kier alpha value is -0.490. The van der Waals surface area contributed by atoms with E-state index in [9.17, 15) is 0 Å². The SMILES string of the molecule is CCCOc1cc(Br)c(CNCCN(C)C)cc1OCC.Cl. The zero-order chi connectivity index (χ0) is 15.7. The van der Waals surface area contributed by atoms with E-state index in [-0.39, 0.29) is 12.4 Å². The summed E-state index contributed by atoms with van der Waals surface area (Å²) < 4.78 is 12.5. The van der Waals surface area contributed by atoms with Crippen molar-refractivity contribution in [1.82, 2.24) is 10.2 Å². The summed E-state index contributed by atoms with van der Waals surface area (Å²) in [7, 11) is 4.15. The molecule has 0 heterocycles. The lowest BCUT2D eigenvalue weighted by molar-refractivity contribution is 0.276.